The first-order valence-electron chi connectivity index (χ1n) is 7.51. The van der Waals surface area contributed by atoms with Crippen LogP contribution in [-0.2, 0) is 0 Å². The lowest BCUT2D eigenvalue weighted by atomic mass is 10.1. The lowest BCUT2D eigenvalue weighted by Gasteiger charge is -2.37. The molecule has 0 amide bonds. The van der Waals surface area contributed by atoms with Crippen LogP contribution in [0.2, 0.25) is 0 Å². The van der Waals surface area contributed by atoms with Crippen molar-refractivity contribution in [2.45, 2.75) is 13.0 Å². The van der Waals surface area contributed by atoms with E-state index in [1.807, 2.05) is 19.2 Å². The number of para-hydroxylation sites is 1. The van der Waals surface area contributed by atoms with Crippen LogP contribution in [0.1, 0.15) is 18.5 Å². The summed E-state index contributed by atoms with van der Waals surface area (Å²) in [6.07, 6.45) is 1.85. The summed E-state index contributed by atoms with van der Waals surface area (Å²) in [5.41, 5.74) is 8.49. The highest BCUT2D eigenvalue weighted by atomic mass is 15.3. The van der Waals surface area contributed by atoms with Crippen molar-refractivity contribution in [3.8, 4) is 0 Å². The molecule has 2 N–H and O–H groups in total. The van der Waals surface area contributed by atoms with Gasteiger partial charge in [0, 0.05) is 49.7 Å². The Morgan fingerprint density at radius 1 is 0.952 bits per heavy atom. The molecule has 0 aliphatic carbocycles. The van der Waals surface area contributed by atoms with Crippen molar-refractivity contribution in [2.24, 2.45) is 5.73 Å². The van der Waals surface area contributed by atoms with Crippen LogP contribution in [-0.4, -0.2) is 31.2 Å². The molecule has 21 heavy (non-hydrogen) atoms. The van der Waals surface area contributed by atoms with Gasteiger partial charge in [0.15, 0.2) is 0 Å². The van der Waals surface area contributed by atoms with Gasteiger partial charge in [-0.1, -0.05) is 24.3 Å². The third-order valence-electron chi connectivity index (χ3n) is 4.01. The highest BCUT2D eigenvalue weighted by Gasteiger charge is 2.21. The molecule has 4 heteroatoms. The van der Waals surface area contributed by atoms with Crippen LogP contribution in [0.25, 0.3) is 0 Å². The third kappa shape index (κ3) is 3.00. The van der Waals surface area contributed by atoms with E-state index in [0.717, 1.165) is 37.6 Å². The van der Waals surface area contributed by atoms with Crippen LogP contribution < -0.4 is 15.5 Å². The Bertz CT molecular complexity index is 574. The maximum absolute atomic E-state index is 6.06. The van der Waals surface area contributed by atoms with Gasteiger partial charge in [-0.3, -0.25) is 0 Å². The van der Waals surface area contributed by atoms with E-state index >= 15 is 0 Å². The number of nitrogens with two attached hydrogens (primary N) is 1. The molecule has 1 aromatic carbocycles. The Morgan fingerprint density at radius 2 is 1.62 bits per heavy atom. The first-order valence-corrected chi connectivity index (χ1v) is 7.51. The zero-order chi connectivity index (χ0) is 14.7. The number of hydrogen-bond donors (Lipinski definition) is 1. The first kappa shape index (κ1) is 13.9. The summed E-state index contributed by atoms with van der Waals surface area (Å²) in [7, 11) is 0. The van der Waals surface area contributed by atoms with E-state index in [0.29, 0.717) is 0 Å². The predicted octanol–water partition coefficient (Wildman–Crippen LogP) is 2.43. The van der Waals surface area contributed by atoms with Crippen molar-refractivity contribution in [3.63, 3.8) is 0 Å². The van der Waals surface area contributed by atoms with Crippen molar-refractivity contribution in [1.82, 2.24) is 4.98 Å². The molecule has 3 rings (SSSR count). The number of benzene rings is 1. The van der Waals surface area contributed by atoms with Gasteiger partial charge in [0.1, 0.15) is 5.82 Å². The lowest BCUT2D eigenvalue weighted by molar-refractivity contribution is 0.640. The standard InChI is InChI=1S/C17H22N4/c1-14(18)16-8-5-9-19-17(16)21-12-10-20(11-13-21)15-6-3-2-4-7-15/h2-9,14H,10-13,18H2,1H3. The average molecular weight is 282 g/mol. The number of nitrogens with zero attached hydrogens (tertiary/aromatic N) is 3. The molecule has 2 aromatic rings. The summed E-state index contributed by atoms with van der Waals surface area (Å²) in [6, 6.07) is 14.6. The fraction of sp³-hybridized carbons (Fsp3) is 0.353. The Labute approximate surface area is 126 Å². The molecular weight excluding hydrogens is 260 g/mol. The van der Waals surface area contributed by atoms with Crippen LogP contribution in [0.15, 0.2) is 48.7 Å². The molecular formula is C17H22N4. The largest absolute Gasteiger partial charge is 0.368 e. The summed E-state index contributed by atoms with van der Waals surface area (Å²) in [5.74, 6) is 1.04. The number of anilines is 2. The smallest absolute Gasteiger partial charge is 0.133 e. The number of piperazine rings is 1. The minimum Gasteiger partial charge on any atom is -0.368 e. The normalized spacial score (nSPS) is 16.9. The summed E-state index contributed by atoms with van der Waals surface area (Å²) in [5, 5.41) is 0. The summed E-state index contributed by atoms with van der Waals surface area (Å²) >= 11 is 0. The number of hydrogen-bond acceptors (Lipinski definition) is 4. The monoisotopic (exact) mass is 282 g/mol. The SMILES string of the molecule is CC(N)c1cccnc1N1CCN(c2ccccc2)CC1. The summed E-state index contributed by atoms with van der Waals surface area (Å²) in [4.78, 5) is 9.32. The van der Waals surface area contributed by atoms with Gasteiger partial charge in [-0.2, -0.15) is 0 Å². The van der Waals surface area contributed by atoms with Crippen molar-refractivity contribution in [1.29, 1.82) is 0 Å². The van der Waals surface area contributed by atoms with Gasteiger partial charge in [0.05, 0.1) is 0 Å². The minimum absolute atomic E-state index is 0.0147. The molecule has 1 aliphatic heterocycles. The molecule has 4 nitrogen and oxygen atoms in total. The summed E-state index contributed by atoms with van der Waals surface area (Å²) in [6.45, 7) is 6.00. The van der Waals surface area contributed by atoms with Crippen molar-refractivity contribution in [3.05, 3.63) is 54.2 Å². The third-order valence-corrected chi connectivity index (χ3v) is 4.01. The lowest BCUT2D eigenvalue weighted by Crippen LogP contribution is -2.47. The Kier molecular flexibility index (Phi) is 4.06. The Morgan fingerprint density at radius 3 is 2.29 bits per heavy atom. The fourth-order valence-corrected chi connectivity index (χ4v) is 2.84. The van der Waals surface area contributed by atoms with Crippen LogP contribution in [0.4, 0.5) is 11.5 Å². The maximum Gasteiger partial charge on any atom is 0.133 e. The number of pyridine rings is 1. The topological polar surface area (TPSA) is 45.4 Å². The zero-order valence-corrected chi connectivity index (χ0v) is 12.4. The molecule has 0 bridgehead atoms. The van der Waals surface area contributed by atoms with Crippen LogP contribution >= 0.6 is 0 Å². The van der Waals surface area contributed by atoms with E-state index < -0.39 is 0 Å². The van der Waals surface area contributed by atoms with Gasteiger partial charge in [0.2, 0.25) is 0 Å². The molecule has 1 unspecified atom stereocenters. The van der Waals surface area contributed by atoms with Crippen LogP contribution in [0.5, 0.6) is 0 Å². The fourth-order valence-electron chi connectivity index (χ4n) is 2.84. The quantitative estimate of drug-likeness (QED) is 0.939. The summed E-state index contributed by atoms with van der Waals surface area (Å²) < 4.78 is 0. The zero-order valence-electron chi connectivity index (χ0n) is 12.4. The molecule has 0 saturated carbocycles. The Hall–Kier alpha value is -2.07. The highest BCUT2D eigenvalue weighted by Crippen LogP contribution is 2.24. The van der Waals surface area contributed by atoms with Crippen molar-refractivity contribution >= 4 is 11.5 Å². The van der Waals surface area contributed by atoms with Gasteiger partial charge in [0.25, 0.3) is 0 Å². The minimum atomic E-state index is 0.0147. The van der Waals surface area contributed by atoms with Gasteiger partial charge >= 0.3 is 0 Å². The molecule has 0 spiro atoms. The second kappa shape index (κ2) is 6.14. The molecule has 1 atom stereocenters. The highest BCUT2D eigenvalue weighted by molar-refractivity contribution is 5.52. The van der Waals surface area contributed by atoms with E-state index in [-0.39, 0.29) is 6.04 Å². The molecule has 110 valence electrons. The number of rotatable bonds is 3. The van der Waals surface area contributed by atoms with Crippen molar-refractivity contribution < 1.29 is 0 Å². The molecule has 1 saturated heterocycles. The maximum atomic E-state index is 6.06. The van der Waals surface area contributed by atoms with E-state index in [2.05, 4.69) is 51.2 Å². The van der Waals surface area contributed by atoms with Gasteiger partial charge < -0.3 is 15.5 Å². The van der Waals surface area contributed by atoms with Gasteiger partial charge in [-0.05, 0) is 25.1 Å². The molecule has 1 aromatic heterocycles. The molecule has 0 radical (unpaired) electrons. The van der Waals surface area contributed by atoms with E-state index in [9.17, 15) is 0 Å². The van der Waals surface area contributed by atoms with E-state index in [4.69, 9.17) is 5.73 Å². The van der Waals surface area contributed by atoms with Crippen molar-refractivity contribution in [2.75, 3.05) is 36.0 Å². The Balaban J connectivity index is 1.72. The van der Waals surface area contributed by atoms with E-state index in [1.54, 1.807) is 0 Å². The molecule has 1 fully saturated rings. The number of aromatic nitrogens is 1. The second-order valence-electron chi connectivity index (χ2n) is 5.51. The van der Waals surface area contributed by atoms with Gasteiger partial charge in [-0.15, -0.1) is 0 Å². The van der Waals surface area contributed by atoms with Crippen LogP contribution in [0.3, 0.4) is 0 Å². The molecule has 1 aliphatic rings. The second-order valence-corrected chi connectivity index (χ2v) is 5.51. The van der Waals surface area contributed by atoms with Gasteiger partial charge in [-0.25, -0.2) is 4.98 Å². The molecule has 2 heterocycles. The van der Waals surface area contributed by atoms with Crippen LogP contribution in [0, 0.1) is 0 Å². The predicted molar refractivity (Wildman–Crippen MR) is 87.7 cm³/mol. The first-order chi connectivity index (χ1) is 10.3. The average Bonchev–Trinajstić information content (AvgIpc) is 2.56. The van der Waals surface area contributed by atoms with E-state index in [1.165, 1.54) is 5.69 Å².